The van der Waals surface area contributed by atoms with Gasteiger partial charge in [-0.25, -0.2) is 0 Å². The van der Waals surface area contributed by atoms with Crippen molar-refractivity contribution in [2.24, 2.45) is 0 Å². The lowest BCUT2D eigenvalue weighted by molar-refractivity contribution is 1.73. The molecule has 0 atom stereocenters. The zero-order valence-corrected chi connectivity index (χ0v) is 5.36. The van der Waals surface area contributed by atoms with Gasteiger partial charge >= 0.3 is 11.4 Å². The molecule has 0 aliphatic rings. The molecule has 0 saturated heterocycles. The Bertz CT molecular complexity index is 265. The molecule has 0 bridgehead atoms. The number of nitrogens with zero attached hydrogens (tertiary/aromatic N) is 2. The zero-order valence-electron chi connectivity index (χ0n) is 5.36. The zero-order chi connectivity index (χ0) is 7.40. The fourth-order valence-electron chi connectivity index (χ4n) is 0.625. The van der Waals surface area contributed by atoms with Gasteiger partial charge in [0.2, 0.25) is 0 Å². The van der Waals surface area contributed by atoms with E-state index in [2.05, 4.69) is 9.69 Å². The largest absolute Gasteiger partial charge is 0.340 e. The minimum Gasteiger partial charge on any atom is -0.0390 e. The summed E-state index contributed by atoms with van der Waals surface area (Å²) in [4.78, 5) is 6.93. The summed E-state index contributed by atoms with van der Waals surface area (Å²) in [6.07, 6.45) is 0. The van der Waals surface area contributed by atoms with Gasteiger partial charge in [0.15, 0.2) is 0 Å². The van der Waals surface area contributed by atoms with Crippen LogP contribution in [0.3, 0.4) is 0 Å². The molecule has 0 spiro atoms. The highest BCUT2D eigenvalue weighted by Crippen LogP contribution is 2.17. The van der Waals surface area contributed by atoms with E-state index in [4.69, 9.17) is 13.1 Å². The molecule has 0 N–H and O–H groups in total. The van der Waals surface area contributed by atoms with Crippen molar-refractivity contribution in [3.05, 3.63) is 34.0 Å². The summed E-state index contributed by atoms with van der Waals surface area (Å²) >= 11 is 0. The van der Waals surface area contributed by atoms with E-state index in [9.17, 15) is 0 Å². The first-order valence-electron chi connectivity index (χ1n) is 2.78. The van der Waals surface area contributed by atoms with Gasteiger partial charge in [-0.15, -0.1) is 0 Å². The minimum atomic E-state index is 0.715. The Balaban J connectivity index is 3.08. The molecule has 0 unspecified atom stereocenters. The maximum Gasteiger partial charge on any atom is 0.340 e. The standard InChI is InChI=1S/C8H6N2/c1-9-7-3-5-8(10-2)6-4-7/h1-6H/q+2. The Morgan fingerprint density at radius 2 is 1.10 bits per heavy atom. The molecule has 0 saturated carbocycles. The molecular weight excluding hydrogens is 124 g/mol. The predicted molar refractivity (Wildman–Crippen MR) is 42.4 cm³/mol. The van der Waals surface area contributed by atoms with Crippen molar-refractivity contribution in [1.29, 1.82) is 0 Å². The topological polar surface area (TPSA) is 8.72 Å². The van der Waals surface area contributed by atoms with Crippen LogP contribution in [0.4, 0.5) is 11.4 Å². The van der Waals surface area contributed by atoms with Crippen LogP contribution in [0.5, 0.6) is 0 Å². The van der Waals surface area contributed by atoms with Crippen LogP contribution < -0.4 is 0 Å². The van der Waals surface area contributed by atoms with Crippen molar-refractivity contribution in [3.63, 3.8) is 0 Å². The fraction of sp³-hybridized carbons (Fsp3) is 0. The average molecular weight is 130 g/mol. The third-order valence-electron chi connectivity index (χ3n) is 1.15. The summed E-state index contributed by atoms with van der Waals surface area (Å²) < 4.78 is 0. The van der Waals surface area contributed by atoms with Crippen LogP contribution in [0.1, 0.15) is 0 Å². The van der Waals surface area contributed by atoms with Gasteiger partial charge in [-0.3, -0.25) is 0 Å². The molecule has 0 aliphatic carbocycles. The van der Waals surface area contributed by atoms with E-state index in [-0.39, 0.29) is 0 Å². The lowest BCUT2D eigenvalue weighted by atomic mass is 10.3. The molecule has 1 aromatic carbocycles. The lowest BCUT2D eigenvalue weighted by Gasteiger charge is -1.72. The van der Waals surface area contributed by atoms with E-state index in [1.54, 1.807) is 24.3 Å². The molecule has 10 heavy (non-hydrogen) atoms. The van der Waals surface area contributed by atoms with Crippen molar-refractivity contribution in [2.45, 2.75) is 0 Å². The maximum atomic E-state index is 5.00. The smallest absolute Gasteiger partial charge is 0.0390 e. The molecule has 1 aromatic rings. The van der Waals surface area contributed by atoms with Crippen LogP contribution in [0.15, 0.2) is 24.3 Å². The van der Waals surface area contributed by atoms with Crippen LogP contribution in [0.2, 0.25) is 0 Å². The van der Waals surface area contributed by atoms with E-state index >= 15 is 0 Å². The summed E-state index contributed by atoms with van der Waals surface area (Å²) in [6, 6.07) is 6.97. The van der Waals surface area contributed by atoms with Gasteiger partial charge in [0.25, 0.3) is 13.1 Å². The van der Waals surface area contributed by atoms with Gasteiger partial charge in [0, 0.05) is 24.3 Å². The highest BCUT2D eigenvalue weighted by atomic mass is 14.7. The van der Waals surface area contributed by atoms with Crippen LogP contribution in [-0.2, 0) is 0 Å². The van der Waals surface area contributed by atoms with Crippen molar-refractivity contribution in [3.8, 4) is 13.1 Å². The monoisotopic (exact) mass is 130 g/mol. The quantitative estimate of drug-likeness (QED) is 0.510. The SMILES string of the molecule is C#[N+]c1ccc([N+]#C)cc1. The Labute approximate surface area is 59.4 Å². The number of benzene rings is 1. The average Bonchev–Trinajstić information content (AvgIpc) is 2.05. The first-order valence-corrected chi connectivity index (χ1v) is 2.78. The normalized spacial score (nSPS) is 7.80. The molecule has 0 heterocycles. The Kier molecular flexibility index (Phi) is 1.68. The van der Waals surface area contributed by atoms with Gasteiger partial charge in [-0.1, -0.05) is 0 Å². The van der Waals surface area contributed by atoms with E-state index in [0.29, 0.717) is 11.4 Å². The molecule has 2 nitrogen and oxygen atoms in total. The van der Waals surface area contributed by atoms with Gasteiger partial charge in [0.1, 0.15) is 0 Å². The van der Waals surface area contributed by atoms with Gasteiger partial charge in [0.05, 0.1) is 0 Å². The summed E-state index contributed by atoms with van der Waals surface area (Å²) in [5, 5.41) is 0. The third-order valence-corrected chi connectivity index (χ3v) is 1.15. The molecular formula is C8H6N2+2. The van der Waals surface area contributed by atoms with Crippen LogP contribution in [0.25, 0.3) is 9.69 Å². The number of rotatable bonds is 0. The van der Waals surface area contributed by atoms with E-state index in [0.717, 1.165) is 0 Å². The Morgan fingerprint density at radius 3 is 1.30 bits per heavy atom. The molecule has 0 aromatic heterocycles. The van der Waals surface area contributed by atoms with Gasteiger partial charge < -0.3 is 0 Å². The first kappa shape index (κ1) is 6.32. The van der Waals surface area contributed by atoms with E-state index in [1.807, 2.05) is 0 Å². The molecule has 1 rings (SSSR count). The predicted octanol–water partition coefficient (Wildman–Crippen LogP) is 2.88. The first-order chi connectivity index (χ1) is 4.86. The maximum absolute atomic E-state index is 5.00. The van der Waals surface area contributed by atoms with Crippen molar-refractivity contribution in [2.75, 3.05) is 0 Å². The van der Waals surface area contributed by atoms with Crippen molar-refractivity contribution < 1.29 is 0 Å². The Morgan fingerprint density at radius 1 is 0.800 bits per heavy atom. The van der Waals surface area contributed by atoms with Gasteiger partial charge in [-0.2, -0.15) is 0 Å². The Hall–Kier alpha value is -1.80. The summed E-state index contributed by atoms with van der Waals surface area (Å²) in [5.41, 5.74) is 1.43. The van der Waals surface area contributed by atoms with Crippen LogP contribution >= 0.6 is 0 Å². The molecule has 2 heteroatoms. The fourth-order valence-corrected chi connectivity index (χ4v) is 0.625. The van der Waals surface area contributed by atoms with Crippen molar-refractivity contribution >= 4 is 11.4 Å². The minimum absolute atomic E-state index is 0.715. The lowest BCUT2D eigenvalue weighted by Crippen LogP contribution is -1.58. The second kappa shape index (κ2) is 2.66. The third kappa shape index (κ3) is 1.13. The molecule has 0 fully saturated rings. The molecule has 0 amide bonds. The van der Waals surface area contributed by atoms with E-state index < -0.39 is 0 Å². The number of hydrogen-bond donors (Lipinski definition) is 0. The summed E-state index contributed by atoms with van der Waals surface area (Å²) in [7, 11) is 0. The van der Waals surface area contributed by atoms with E-state index in [1.165, 1.54) is 0 Å². The van der Waals surface area contributed by atoms with Crippen LogP contribution in [-0.4, -0.2) is 0 Å². The highest BCUT2D eigenvalue weighted by Gasteiger charge is 2.02. The molecule has 0 aliphatic heterocycles. The second-order valence-electron chi connectivity index (χ2n) is 1.77. The van der Waals surface area contributed by atoms with Crippen LogP contribution in [0, 0.1) is 13.1 Å². The van der Waals surface area contributed by atoms with Gasteiger partial charge in [-0.05, 0) is 9.69 Å². The number of hydrogen-bond acceptors (Lipinski definition) is 0. The van der Waals surface area contributed by atoms with Crippen molar-refractivity contribution in [1.82, 2.24) is 0 Å². The summed E-state index contributed by atoms with van der Waals surface area (Å²) in [6.45, 7) is 10.0. The second-order valence-corrected chi connectivity index (χ2v) is 1.77. The highest BCUT2D eigenvalue weighted by molar-refractivity contribution is 5.55. The summed E-state index contributed by atoms with van der Waals surface area (Å²) in [5.74, 6) is 0. The molecule has 46 valence electrons. The molecule has 0 radical (unpaired) electrons.